The summed E-state index contributed by atoms with van der Waals surface area (Å²) in [5.41, 5.74) is 0.836. The lowest BCUT2D eigenvalue weighted by atomic mass is 10.2. The predicted octanol–water partition coefficient (Wildman–Crippen LogP) is 3.53. The van der Waals surface area contributed by atoms with Gasteiger partial charge in [0.05, 0.1) is 10.7 Å². The second-order valence-electron chi connectivity index (χ2n) is 3.98. The molecule has 0 aliphatic carbocycles. The molecule has 0 fully saturated rings. The first-order valence-electron chi connectivity index (χ1n) is 5.76. The van der Waals surface area contributed by atoms with Gasteiger partial charge in [-0.25, -0.2) is 4.90 Å². The van der Waals surface area contributed by atoms with Gasteiger partial charge in [0.25, 0.3) is 5.91 Å². The fraction of sp³-hybridized carbons (Fsp3) is 0.0667. The maximum Gasteiger partial charge on any atom is 0.265 e. The molecule has 3 nitrogen and oxygen atoms in total. The molecule has 0 aliphatic rings. The van der Waals surface area contributed by atoms with Crippen LogP contribution in [0.15, 0.2) is 54.6 Å². The summed E-state index contributed by atoms with van der Waals surface area (Å²) in [6.07, 6.45) is 0. The maximum atomic E-state index is 12.4. The van der Waals surface area contributed by atoms with Crippen molar-refractivity contribution in [1.82, 2.24) is 0 Å². The van der Waals surface area contributed by atoms with Crippen molar-refractivity contribution in [2.75, 3.05) is 4.90 Å². The van der Waals surface area contributed by atoms with Crippen molar-refractivity contribution in [3.63, 3.8) is 0 Å². The van der Waals surface area contributed by atoms with E-state index in [0.717, 1.165) is 4.90 Å². The van der Waals surface area contributed by atoms with Crippen molar-refractivity contribution in [1.29, 1.82) is 0 Å². The Balaban J connectivity index is 2.45. The first kappa shape index (κ1) is 13.3. The minimum Gasteiger partial charge on any atom is -0.274 e. The van der Waals surface area contributed by atoms with Gasteiger partial charge >= 0.3 is 0 Å². The molecule has 0 aliphatic heterocycles. The van der Waals surface area contributed by atoms with Crippen molar-refractivity contribution in [3.8, 4) is 0 Å². The maximum absolute atomic E-state index is 12.4. The van der Waals surface area contributed by atoms with E-state index in [0.29, 0.717) is 16.3 Å². The number of para-hydroxylation sites is 1. The van der Waals surface area contributed by atoms with Gasteiger partial charge < -0.3 is 0 Å². The zero-order valence-corrected chi connectivity index (χ0v) is 11.1. The topological polar surface area (TPSA) is 37.4 Å². The lowest BCUT2D eigenvalue weighted by Gasteiger charge is -2.20. The average Bonchev–Trinajstić information content (AvgIpc) is 2.42. The molecule has 0 saturated heterocycles. The predicted molar refractivity (Wildman–Crippen MR) is 75.4 cm³/mol. The first-order chi connectivity index (χ1) is 9.11. The minimum atomic E-state index is -0.388. The Bertz CT molecular complexity index is 611. The summed E-state index contributed by atoms with van der Waals surface area (Å²) in [5.74, 6) is -0.761. The number of halogens is 1. The highest BCUT2D eigenvalue weighted by atomic mass is 35.5. The number of amides is 2. The van der Waals surface area contributed by atoms with Gasteiger partial charge in [0, 0.05) is 12.5 Å². The molecule has 96 valence electrons. The molecule has 0 N–H and O–H groups in total. The average molecular weight is 274 g/mol. The molecule has 2 amide bonds. The molecule has 2 aromatic rings. The van der Waals surface area contributed by atoms with Crippen LogP contribution in [0.2, 0.25) is 5.02 Å². The standard InChI is InChI=1S/C15H12ClNO2/c1-11(18)17(14-10-6-5-9-13(14)16)15(19)12-7-3-2-4-8-12/h2-10H,1H3. The van der Waals surface area contributed by atoms with E-state index in [-0.39, 0.29) is 11.8 Å². The molecule has 2 aromatic carbocycles. The van der Waals surface area contributed by atoms with Gasteiger partial charge in [-0.2, -0.15) is 0 Å². The van der Waals surface area contributed by atoms with E-state index in [4.69, 9.17) is 11.6 Å². The summed E-state index contributed by atoms with van der Waals surface area (Å²) in [6, 6.07) is 15.4. The Labute approximate surface area is 116 Å². The highest BCUT2D eigenvalue weighted by molar-refractivity contribution is 6.35. The second kappa shape index (κ2) is 5.67. The Morgan fingerprint density at radius 3 is 2.11 bits per heavy atom. The van der Waals surface area contributed by atoms with Crippen LogP contribution in [0.25, 0.3) is 0 Å². The van der Waals surface area contributed by atoms with Gasteiger partial charge in [0.15, 0.2) is 0 Å². The third kappa shape index (κ3) is 2.83. The number of hydrogen-bond acceptors (Lipinski definition) is 2. The SMILES string of the molecule is CC(=O)N(C(=O)c1ccccc1)c1ccccc1Cl. The fourth-order valence-electron chi connectivity index (χ4n) is 1.76. The van der Waals surface area contributed by atoms with Gasteiger partial charge in [0.1, 0.15) is 0 Å². The number of benzene rings is 2. The van der Waals surface area contributed by atoms with E-state index in [1.54, 1.807) is 48.5 Å². The number of anilines is 1. The van der Waals surface area contributed by atoms with Crippen molar-refractivity contribution in [2.45, 2.75) is 6.92 Å². The van der Waals surface area contributed by atoms with Crippen molar-refractivity contribution >= 4 is 29.1 Å². The quantitative estimate of drug-likeness (QED) is 0.839. The van der Waals surface area contributed by atoms with Crippen molar-refractivity contribution < 1.29 is 9.59 Å². The number of carbonyl (C=O) groups is 2. The number of imide groups is 1. The van der Waals surface area contributed by atoms with E-state index < -0.39 is 0 Å². The lowest BCUT2D eigenvalue weighted by molar-refractivity contribution is -0.115. The Kier molecular flexibility index (Phi) is 3.97. The molecule has 4 heteroatoms. The van der Waals surface area contributed by atoms with E-state index >= 15 is 0 Å². The van der Waals surface area contributed by atoms with Crippen LogP contribution in [0.4, 0.5) is 5.69 Å². The monoisotopic (exact) mass is 273 g/mol. The lowest BCUT2D eigenvalue weighted by Crippen LogP contribution is -2.35. The molecule has 0 heterocycles. The fourth-order valence-corrected chi connectivity index (χ4v) is 1.99. The van der Waals surface area contributed by atoms with Gasteiger partial charge in [-0.3, -0.25) is 9.59 Å². The van der Waals surface area contributed by atoms with Gasteiger partial charge in [-0.15, -0.1) is 0 Å². The Morgan fingerprint density at radius 1 is 0.947 bits per heavy atom. The highest BCUT2D eigenvalue weighted by Crippen LogP contribution is 2.26. The van der Waals surface area contributed by atoms with Crippen molar-refractivity contribution in [3.05, 3.63) is 65.2 Å². The zero-order valence-electron chi connectivity index (χ0n) is 10.3. The van der Waals surface area contributed by atoms with E-state index in [9.17, 15) is 9.59 Å². The number of rotatable bonds is 2. The molecule has 2 rings (SSSR count). The van der Waals surface area contributed by atoms with Crippen LogP contribution >= 0.6 is 11.6 Å². The Hall–Kier alpha value is -2.13. The summed E-state index contributed by atoms with van der Waals surface area (Å²) >= 11 is 6.05. The van der Waals surface area contributed by atoms with Crippen LogP contribution in [0.1, 0.15) is 17.3 Å². The third-order valence-corrected chi connectivity index (χ3v) is 2.95. The second-order valence-corrected chi connectivity index (χ2v) is 4.38. The molecule has 0 atom stereocenters. The zero-order chi connectivity index (χ0) is 13.8. The van der Waals surface area contributed by atoms with Gasteiger partial charge in [-0.05, 0) is 24.3 Å². The minimum absolute atomic E-state index is 0.363. The largest absolute Gasteiger partial charge is 0.274 e. The van der Waals surface area contributed by atoms with Crippen molar-refractivity contribution in [2.24, 2.45) is 0 Å². The van der Waals surface area contributed by atoms with Crippen LogP contribution in [0.5, 0.6) is 0 Å². The van der Waals surface area contributed by atoms with Crippen LogP contribution in [-0.2, 0) is 4.79 Å². The Morgan fingerprint density at radius 2 is 1.53 bits per heavy atom. The molecular weight excluding hydrogens is 262 g/mol. The molecule has 0 radical (unpaired) electrons. The summed E-state index contributed by atoms with van der Waals surface area (Å²) in [6.45, 7) is 1.34. The smallest absolute Gasteiger partial charge is 0.265 e. The molecule has 0 unspecified atom stereocenters. The summed E-state index contributed by atoms with van der Waals surface area (Å²) < 4.78 is 0. The summed E-state index contributed by atoms with van der Waals surface area (Å²) in [4.78, 5) is 25.2. The van der Waals surface area contributed by atoms with E-state index in [2.05, 4.69) is 0 Å². The molecular formula is C15H12ClNO2. The number of carbonyl (C=O) groups excluding carboxylic acids is 2. The summed E-state index contributed by atoms with van der Waals surface area (Å²) in [5, 5.41) is 0.363. The number of nitrogens with zero attached hydrogens (tertiary/aromatic N) is 1. The molecule has 0 bridgehead atoms. The highest BCUT2D eigenvalue weighted by Gasteiger charge is 2.23. The normalized spacial score (nSPS) is 10.0. The first-order valence-corrected chi connectivity index (χ1v) is 6.13. The van der Waals surface area contributed by atoms with Crippen LogP contribution in [0.3, 0.4) is 0 Å². The molecule has 0 saturated carbocycles. The van der Waals surface area contributed by atoms with E-state index in [1.807, 2.05) is 6.07 Å². The molecule has 19 heavy (non-hydrogen) atoms. The van der Waals surface area contributed by atoms with Gasteiger partial charge in [0.2, 0.25) is 5.91 Å². The van der Waals surface area contributed by atoms with Crippen LogP contribution in [0, 0.1) is 0 Å². The van der Waals surface area contributed by atoms with Crippen LogP contribution in [-0.4, -0.2) is 11.8 Å². The van der Waals surface area contributed by atoms with Gasteiger partial charge in [-0.1, -0.05) is 41.9 Å². The van der Waals surface area contributed by atoms with Crippen LogP contribution < -0.4 is 4.90 Å². The molecule has 0 aromatic heterocycles. The van der Waals surface area contributed by atoms with E-state index in [1.165, 1.54) is 6.92 Å². The number of hydrogen-bond donors (Lipinski definition) is 0. The summed E-state index contributed by atoms with van der Waals surface area (Å²) in [7, 11) is 0. The third-order valence-electron chi connectivity index (χ3n) is 2.63. The molecule has 0 spiro atoms.